The van der Waals surface area contributed by atoms with Gasteiger partial charge < -0.3 is 19.2 Å². The Balaban J connectivity index is 2.08. The fourth-order valence-corrected chi connectivity index (χ4v) is 1.91. The van der Waals surface area contributed by atoms with Crippen LogP contribution in [-0.4, -0.2) is 32.4 Å². The number of nitrogens with one attached hydrogen (secondary N) is 1. The maximum absolute atomic E-state index is 5.93. The molecule has 0 bridgehead atoms. The molecular formula is C14H17ClN2O3. The number of hydrogen-bond acceptors (Lipinski definition) is 5. The molecule has 20 heavy (non-hydrogen) atoms. The predicted molar refractivity (Wildman–Crippen MR) is 77.1 cm³/mol. The first-order chi connectivity index (χ1) is 9.74. The van der Waals surface area contributed by atoms with E-state index in [1.54, 1.807) is 32.6 Å². The van der Waals surface area contributed by atoms with E-state index in [1.165, 1.54) is 0 Å². The van der Waals surface area contributed by atoms with Crippen LogP contribution >= 0.6 is 11.6 Å². The molecule has 0 amide bonds. The minimum Gasteiger partial charge on any atom is -0.496 e. The Kier molecular flexibility index (Phi) is 5.40. The molecule has 5 nitrogen and oxygen atoms in total. The number of halogens is 1. The van der Waals surface area contributed by atoms with Gasteiger partial charge in [-0.2, -0.15) is 0 Å². The van der Waals surface area contributed by atoms with Gasteiger partial charge in [0.15, 0.2) is 0 Å². The molecular weight excluding hydrogens is 280 g/mol. The smallest absolute Gasteiger partial charge is 0.229 e. The van der Waals surface area contributed by atoms with Gasteiger partial charge in [0.1, 0.15) is 12.0 Å². The van der Waals surface area contributed by atoms with Crippen LogP contribution in [0.3, 0.4) is 0 Å². The number of ether oxygens (including phenoxy) is 2. The molecule has 0 unspecified atom stereocenters. The Bertz CT molecular complexity index is 557. The number of aromatic nitrogens is 1. The van der Waals surface area contributed by atoms with E-state index in [4.69, 9.17) is 25.5 Å². The van der Waals surface area contributed by atoms with E-state index in [9.17, 15) is 0 Å². The number of rotatable bonds is 7. The van der Waals surface area contributed by atoms with Crippen molar-refractivity contribution in [1.82, 2.24) is 10.3 Å². The maximum Gasteiger partial charge on any atom is 0.229 e. The third-order valence-corrected chi connectivity index (χ3v) is 2.97. The molecule has 0 aliphatic carbocycles. The predicted octanol–water partition coefficient (Wildman–Crippen LogP) is 2.74. The fourth-order valence-electron chi connectivity index (χ4n) is 1.74. The van der Waals surface area contributed by atoms with Crippen molar-refractivity contribution in [3.63, 3.8) is 0 Å². The Hall–Kier alpha value is -1.56. The molecule has 0 saturated heterocycles. The van der Waals surface area contributed by atoms with Crippen LogP contribution < -0.4 is 10.1 Å². The molecule has 0 aliphatic heterocycles. The summed E-state index contributed by atoms with van der Waals surface area (Å²) < 4.78 is 15.7. The molecule has 2 rings (SSSR count). The minimum atomic E-state index is 0.516. The highest BCUT2D eigenvalue weighted by Crippen LogP contribution is 2.31. The Morgan fingerprint density at radius 3 is 2.95 bits per heavy atom. The highest BCUT2D eigenvalue weighted by molar-refractivity contribution is 6.30. The van der Waals surface area contributed by atoms with Crippen molar-refractivity contribution in [1.29, 1.82) is 0 Å². The van der Waals surface area contributed by atoms with Gasteiger partial charge in [0.25, 0.3) is 0 Å². The van der Waals surface area contributed by atoms with Crippen LogP contribution in [0.1, 0.15) is 5.69 Å². The molecule has 1 aromatic carbocycles. The quantitative estimate of drug-likeness (QED) is 0.796. The molecule has 1 aromatic heterocycles. The first-order valence-corrected chi connectivity index (χ1v) is 6.60. The number of benzene rings is 1. The maximum atomic E-state index is 5.93. The zero-order chi connectivity index (χ0) is 14.4. The average Bonchev–Trinajstić information content (AvgIpc) is 2.92. The van der Waals surface area contributed by atoms with E-state index in [1.807, 2.05) is 6.07 Å². The van der Waals surface area contributed by atoms with Gasteiger partial charge in [-0.3, -0.25) is 0 Å². The third kappa shape index (κ3) is 3.72. The van der Waals surface area contributed by atoms with Gasteiger partial charge in [-0.1, -0.05) is 11.6 Å². The summed E-state index contributed by atoms with van der Waals surface area (Å²) in [7, 11) is 3.26. The summed E-state index contributed by atoms with van der Waals surface area (Å²) in [6.45, 7) is 2.06. The van der Waals surface area contributed by atoms with Gasteiger partial charge in [0.05, 0.1) is 25.0 Å². The molecule has 108 valence electrons. The number of nitrogens with zero attached hydrogens (tertiary/aromatic N) is 1. The largest absolute Gasteiger partial charge is 0.496 e. The van der Waals surface area contributed by atoms with Crippen molar-refractivity contribution in [2.45, 2.75) is 6.54 Å². The minimum absolute atomic E-state index is 0.516. The van der Waals surface area contributed by atoms with E-state index in [0.29, 0.717) is 29.8 Å². The molecule has 0 saturated carbocycles. The molecule has 0 spiro atoms. The first-order valence-electron chi connectivity index (χ1n) is 6.22. The Morgan fingerprint density at radius 2 is 2.20 bits per heavy atom. The Morgan fingerprint density at radius 1 is 1.35 bits per heavy atom. The second-order valence-corrected chi connectivity index (χ2v) is 4.59. The van der Waals surface area contributed by atoms with Crippen molar-refractivity contribution in [3.05, 3.63) is 35.2 Å². The lowest BCUT2D eigenvalue weighted by molar-refractivity contribution is 0.199. The van der Waals surface area contributed by atoms with E-state index < -0.39 is 0 Å². The zero-order valence-electron chi connectivity index (χ0n) is 11.5. The summed E-state index contributed by atoms with van der Waals surface area (Å²) in [5.74, 6) is 1.15. The molecule has 0 atom stereocenters. The van der Waals surface area contributed by atoms with Crippen molar-refractivity contribution >= 4 is 11.6 Å². The molecule has 1 N–H and O–H groups in total. The number of hydrogen-bond donors (Lipinski definition) is 1. The highest BCUT2D eigenvalue weighted by atomic mass is 35.5. The van der Waals surface area contributed by atoms with E-state index in [2.05, 4.69) is 10.3 Å². The molecule has 0 fully saturated rings. The molecule has 1 heterocycles. The normalized spacial score (nSPS) is 10.8. The second-order valence-electron chi connectivity index (χ2n) is 4.16. The van der Waals surface area contributed by atoms with Crippen LogP contribution in [0.25, 0.3) is 11.5 Å². The molecule has 0 aliphatic rings. The van der Waals surface area contributed by atoms with E-state index >= 15 is 0 Å². The van der Waals surface area contributed by atoms with Crippen molar-refractivity contribution in [2.24, 2.45) is 0 Å². The monoisotopic (exact) mass is 296 g/mol. The lowest BCUT2D eigenvalue weighted by Gasteiger charge is -2.05. The number of oxazole rings is 1. The van der Waals surface area contributed by atoms with Crippen LogP contribution in [0.2, 0.25) is 5.02 Å². The summed E-state index contributed by atoms with van der Waals surface area (Å²) >= 11 is 5.93. The van der Waals surface area contributed by atoms with Gasteiger partial charge in [-0.25, -0.2) is 4.98 Å². The van der Waals surface area contributed by atoms with Crippen LogP contribution in [0.4, 0.5) is 0 Å². The van der Waals surface area contributed by atoms with Crippen molar-refractivity contribution in [2.75, 3.05) is 27.4 Å². The summed E-state index contributed by atoms with van der Waals surface area (Å²) in [6.07, 6.45) is 1.63. The van der Waals surface area contributed by atoms with Crippen molar-refractivity contribution in [3.8, 4) is 17.2 Å². The van der Waals surface area contributed by atoms with Gasteiger partial charge in [-0.05, 0) is 18.2 Å². The summed E-state index contributed by atoms with van der Waals surface area (Å²) in [5, 5.41) is 3.82. The first kappa shape index (κ1) is 14.8. The fraction of sp³-hybridized carbons (Fsp3) is 0.357. The molecule has 2 aromatic rings. The SMILES string of the molecule is COCCNCc1coc(-c2ccc(Cl)cc2OC)n1. The van der Waals surface area contributed by atoms with Gasteiger partial charge >= 0.3 is 0 Å². The standard InChI is InChI=1S/C14H17ClN2O3/c1-18-6-5-16-8-11-9-20-14(17-11)12-4-3-10(15)7-13(12)19-2/h3-4,7,9,16H,5-6,8H2,1-2H3. The van der Waals surface area contributed by atoms with Gasteiger partial charge in [-0.15, -0.1) is 0 Å². The third-order valence-electron chi connectivity index (χ3n) is 2.73. The summed E-state index contributed by atoms with van der Waals surface area (Å²) in [5.41, 5.74) is 1.60. The van der Waals surface area contributed by atoms with Crippen molar-refractivity contribution < 1.29 is 13.9 Å². The molecule has 6 heteroatoms. The van der Waals surface area contributed by atoms with Crippen LogP contribution in [0.15, 0.2) is 28.9 Å². The molecule has 0 radical (unpaired) electrons. The second kappa shape index (κ2) is 7.28. The summed E-state index contributed by atoms with van der Waals surface area (Å²) in [4.78, 5) is 4.42. The van der Waals surface area contributed by atoms with E-state index in [-0.39, 0.29) is 0 Å². The van der Waals surface area contributed by atoms with Crippen LogP contribution in [-0.2, 0) is 11.3 Å². The van der Waals surface area contributed by atoms with Crippen LogP contribution in [0.5, 0.6) is 5.75 Å². The zero-order valence-corrected chi connectivity index (χ0v) is 12.2. The lowest BCUT2D eigenvalue weighted by atomic mass is 10.2. The number of methoxy groups -OCH3 is 2. The average molecular weight is 297 g/mol. The highest BCUT2D eigenvalue weighted by Gasteiger charge is 2.12. The van der Waals surface area contributed by atoms with Crippen LogP contribution in [0, 0.1) is 0 Å². The van der Waals surface area contributed by atoms with Gasteiger partial charge in [0.2, 0.25) is 5.89 Å². The summed E-state index contributed by atoms with van der Waals surface area (Å²) in [6, 6.07) is 5.34. The Labute approximate surface area is 122 Å². The van der Waals surface area contributed by atoms with Gasteiger partial charge in [0, 0.05) is 25.2 Å². The topological polar surface area (TPSA) is 56.5 Å². The lowest BCUT2D eigenvalue weighted by Crippen LogP contribution is -2.18. The van der Waals surface area contributed by atoms with E-state index in [0.717, 1.165) is 17.8 Å².